The van der Waals surface area contributed by atoms with Crippen molar-refractivity contribution in [2.24, 2.45) is 0 Å². The summed E-state index contributed by atoms with van der Waals surface area (Å²) in [6.45, 7) is 3.89. The third-order valence-electron chi connectivity index (χ3n) is 2.72. The molecule has 1 aromatic rings. The summed E-state index contributed by atoms with van der Waals surface area (Å²) in [6.07, 6.45) is 4.92. The van der Waals surface area contributed by atoms with Crippen LogP contribution in [0.25, 0.3) is 5.57 Å². The average Bonchev–Trinajstić information content (AvgIpc) is 2.30. The van der Waals surface area contributed by atoms with Crippen LogP contribution in [0.1, 0.15) is 23.2 Å². The summed E-state index contributed by atoms with van der Waals surface area (Å²) in [5, 5.41) is 12.2. The van der Waals surface area contributed by atoms with E-state index in [2.05, 4.69) is 22.4 Å². The first-order valence-electron chi connectivity index (χ1n) is 5.09. The van der Waals surface area contributed by atoms with E-state index in [0.717, 1.165) is 25.1 Å². The van der Waals surface area contributed by atoms with Crippen LogP contribution >= 0.6 is 0 Å². The van der Waals surface area contributed by atoms with E-state index in [1.165, 1.54) is 11.1 Å². The Morgan fingerprint density at radius 3 is 3.07 bits per heavy atom. The maximum atomic E-state index is 8.90. The summed E-state index contributed by atoms with van der Waals surface area (Å²) in [4.78, 5) is 4.05. The van der Waals surface area contributed by atoms with Gasteiger partial charge in [0.2, 0.25) is 0 Å². The highest BCUT2D eigenvalue weighted by Crippen LogP contribution is 2.23. The van der Waals surface area contributed by atoms with Gasteiger partial charge in [0, 0.05) is 12.7 Å². The predicted octanol–water partition coefficient (Wildman–Crippen LogP) is 1.64. The lowest BCUT2D eigenvalue weighted by atomic mass is 9.96. The highest BCUT2D eigenvalue weighted by atomic mass is 14.8. The Kier molecular flexibility index (Phi) is 2.79. The Morgan fingerprint density at radius 1 is 1.53 bits per heavy atom. The average molecular weight is 199 g/mol. The first-order chi connectivity index (χ1) is 7.33. The quantitative estimate of drug-likeness (QED) is 0.748. The zero-order chi connectivity index (χ0) is 10.7. The standard InChI is InChI=1S/C12H13N3/c1-9-11(4-7-15-12(9)8-13)10-2-5-14-6-3-10/h2,4,7,14H,3,5-6H2,1H3. The maximum Gasteiger partial charge on any atom is 0.143 e. The molecule has 2 heterocycles. The van der Waals surface area contributed by atoms with E-state index in [1.54, 1.807) is 6.20 Å². The van der Waals surface area contributed by atoms with Crippen molar-refractivity contribution in [1.82, 2.24) is 10.3 Å². The van der Waals surface area contributed by atoms with E-state index >= 15 is 0 Å². The molecule has 2 rings (SSSR count). The van der Waals surface area contributed by atoms with Crippen molar-refractivity contribution in [2.75, 3.05) is 13.1 Å². The van der Waals surface area contributed by atoms with Gasteiger partial charge in [-0.15, -0.1) is 0 Å². The van der Waals surface area contributed by atoms with Gasteiger partial charge in [0.15, 0.2) is 0 Å². The zero-order valence-corrected chi connectivity index (χ0v) is 8.75. The van der Waals surface area contributed by atoms with Crippen LogP contribution in [0.4, 0.5) is 0 Å². The van der Waals surface area contributed by atoms with Crippen molar-refractivity contribution in [2.45, 2.75) is 13.3 Å². The third kappa shape index (κ3) is 1.90. The molecule has 15 heavy (non-hydrogen) atoms. The Balaban J connectivity index is 2.44. The second-order valence-corrected chi connectivity index (χ2v) is 3.63. The van der Waals surface area contributed by atoms with E-state index in [4.69, 9.17) is 5.26 Å². The SMILES string of the molecule is Cc1c(C2=CCNCC2)ccnc1C#N. The van der Waals surface area contributed by atoms with Gasteiger partial charge < -0.3 is 5.32 Å². The molecule has 1 aliphatic heterocycles. The molecule has 1 N–H and O–H groups in total. The van der Waals surface area contributed by atoms with Crippen LogP contribution in [0.5, 0.6) is 0 Å². The van der Waals surface area contributed by atoms with Crippen molar-refractivity contribution >= 4 is 5.57 Å². The van der Waals surface area contributed by atoms with Gasteiger partial charge in [-0.05, 0) is 42.7 Å². The Labute approximate surface area is 89.5 Å². The van der Waals surface area contributed by atoms with Gasteiger partial charge in [0.25, 0.3) is 0 Å². The molecule has 0 saturated carbocycles. The summed E-state index contributed by atoms with van der Waals surface area (Å²) >= 11 is 0. The second kappa shape index (κ2) is 4.24. The van der Waals surface area contributed by atoms with Crippen LogP contribution in [0.2, 0.25) is 0 Å². The van der Waals surface area contributed by atoms with Gasteiger partial charge in [-0.1, -0.05) is 6.08 Å². The molecule has 0 spiro atoms. The molecule has 0 aliphatic carbocycles. The van der Waals surface area contributed by atoms with Gasteiger partial charge in [0.05, 0.1) is 0 Å². The smallest absolute Gasteiger partial charge is 0.143 e. The Hall–Kier alpha value is -1.66. The molecular weight excluding hydrogens is 186 g/mol. The summed E-state index contributed by atoms with van der Waals surface area (Å²) in [7, 11) is 0. The Bertz CT molecular complexity index is 441. The molecule has 0 atom stereocenters. The first kappa shape index (κ1) is 9.88. The van der Waals surface area contributed by atoms with E-state index in [-0.39, 0.29) is 0 Å². The normalized spacial score (nSPS) is 15.6. The number of nitriles is 1. The maximum absolute atomic E-state index is 8.90. The Morgan fingerprint density at radius 2 is 2.40 bits per heavy atom. The molecule has 76 valence electrons. The van der Waals surface area contributed by atoms with E-state index in [1.807, 2.05) is 13.0 Å². The van der Waals surface area contributed by atoms with Gasteiger partial charge in [-0.3, -0.25) is 0 Å². The molecule has 3 nitrogen and oxygen atoms in total. The highest BCUT2D eigenvalue weighted by Gasteiger charge is 2.10. The van der Waals surface area contributed by atoms with Crippen LogP contribution in [0.3, 0.4) is 0 Å². The van der Waals surface area contributed by atoms with E-state index < -0.39 is 0 Å². The minimum atomic E-state index is 0.534. The zero-order valence-electron chi connectivity index (χ0n) is 8.75. The van der Waals surface area contributed by atoms with Crippen molar-refractivity contribution in [3.05, 3.63) is 35.2 Å². The fourth-order valence-electron chi connectivity index (χ4n) is 1.86. The molecule has 1 aliphatic rings. The number of hydrogen-bond acceptors (Lipinski definition) is 3. The predicted molar refractivity (Wildman–Crippen MR) is 59.2 cm³/mol. The molecule has 0 saturated heterocycles. The van der Waals surface area contributed by atoms with Crippen LogP contribution < -0.4 is 5.32 Å². The summed E-state index contributed by atoms with van der Waals surface area (Å²) in [5.41, 5.74) is 4.02. The van der Waals surface area contributed by atoms with Crippen LogP contribution in [0.15, 0.2) is 18.3 Å². The molecule has 0 bridgehead atoms. The van der Waals surface area contributed by atoms with Crippen LogP contribution in [-0.2, 0) is 0 Å². The van der Waals surface area contributed by atoms with Crippen LogP contribution in [0, 0.1) is 18.3 Å². The van der Waals surface area contributed by atoms with Gasteiger partial charge in [-0.25, -0.2) is 4.98 Å². The molecule has 1 aromatic heterocycles. The number of pyridine rings is 1. The number of hydrogen-bond donors (Lipinski definition) is 1. The van der Waals surface area contributed by atoms with Gasteiger partial charge >= 0.3 is 0 Å². The van der Waals surface area contributed by atoms with Crippen molar-refractivity contribution in [3.63, 3.8) is 0 Å². The minimum absolute atomic E-state index is 0.534. The van der Waals surface area contributed by atoms with Crippen molar-refractivity contribution < 1.29 is 0 Å². The summed E-state index contributed by atoms with van der Waals surface area (Å²) < 4.78 is 0. The van der Waals surface area contributed by atoms with E-state index in [9.17, 15) is 0 Å². The third-order valence-corrected chi connectivity index (χ3v) is 2.72. The number of rotatable bonds is 1. The van der Waals surface area contributed by atoms with Gasteiger partial charge in [-0.2, -0.15) is 5.26 Å². The molecule has 0 aromatic carbocycles. The minimum Gasteiger partial charge on any atom is -0.313 e. The largest absolute Gasteiger partial charge is 0.313 e. The van der Waals surface area contributed by atoms with Crippen molar-refractivity contribution in [1.29, 1.82) is 5.26 Å². The molecule has 0 amide bonds. The molecule has 3 heteroatoms. The molecule has 0 fully saturated rings. The lowest BCUT2D eigenvalue weighted by molar-refractivity contribution is 0.738. The molecule has 0 radical (unpaired) electrons. The first-order valence-corrected chi connectivity index (χ1v) is 5.09. The van der Waals surface area contributed by atoms with Crippen molar-refractivity contribution in [3.8, 4) is 6.07 Å². The monoisotopic (exact) mass is 199 g/mol. The lowest BCUT2D eigenvalue weighted by Gasteiger charge is -2.16. The molecule has 0 unspecified atom stereocenters. The summed E-state index contributed by atoms with van der Waals surface area (Å²) in [5.74, 6) is 0. The number of nitrogens with one attached hydrogen (secondary N) is 1. The van der Waals surface area contributed by atoms with Crippen LogP contribution in [-0.4, -0.2) is 18.1 Å². The number of nitrogens with zero attached hydrogens (tertiary/aromatic N) is 2. The fourth-order valence-corrected chi connectivity index (χ4v) is 1.86. The summed E-state index contributed by atoms with van der Waals surface area (Å²) in [6, 6.07) is 4.11. The topological polar surface area (TPSA) is 48.7 Å². The fraction of sp³-hybridized carbons (Fsp3) is 0.333. The van der Waals surface area contributed by atoms with Gasteiger partial charge in [0.1, 0.15) is 11.8 Å². The molecular formula is C12H13N3. The highest BCUT2D eigenvalue weighted by molar-refractivity contribution is 5.70. The number of aromatic nitrogens is 1. The second-order valence-electron chi connectivity index (χ2n) is 3.63. The lowest BCUT2D eigenvalue weighted by Crippen LogP contribution is -2.20. The van der Waals surface area contributed by atoms with E-state index in [0.29, 0.717) is 5.69 Å².